The number of ether oxygens (including phenoxy) is 2. The molecule has 2 aliphatic rings. The van der Waals surface area contributed by atoms with Crippen LogP contribution in [0.25, 0.3) is 0 Å². The minimum absolute atomic E-state index is 0.0112. The summed E-state index contributed by atoms with van der Waals surface area (Å²) in [4.78, 5) is 27.1. The van der Waals surface area contributed by atoms with Crippen molar-refractivity contribution in [2.75, 3.05) is 33.4 Å². The third-order valence-electron chi connectivity index (χ3n) is 5.12. The van der Waals surface area contributed by atoms with E-state index in [1.165, 1.54) is 0 Å². The van der Waals surface area contributed by atoms with Crippen LogP contribution in [0.5, 0.6) is 5.75 Å². The van der Waals surface area contributed by atoms with Crippen LogP contribution < -0.4 is 4.74 Å². The highest BCUT2D eigenvalue weighted by molar-refractivity contribution is 5.98. The fourth-order valence-corrected chi connectivity index (χ4v) is 3.56. The summed E-state index contributed by atoms with van der Waals surface area (Å²) in [5.74, 6) is 1.29. The van der Waals surface area contributed by atoms with Crippen LogP contribution in [0.3, 0.4) is 0 Å². The van der Waals surface area contributed by atoms with Crippen molar-refractivity contribution >= 4 is 11.7 Å². The van der Waals surface area contributed by atoms with Gasteiger partial charge in [0.2, 0.25) is 5.91 Å². The summed E-state index contributed by atoms with van der Waals surface area (Å²) in [5, 5.41) is 0. The van der Waals surface area contributed by atoms with E-state index in [-0.39, 0.29) is 23.5 Å². The van der Waals surface area contributed by atoms with Gasteiger partial charge in [-0.2, -0.15) is 0 Å². The molecular weight excluding hydrogens is 306 g/mol. The van der Waals surface area contributed by atoms with Gasteiger partial charge in [-0.15, -0.1) is 0 Å². The topological polar surface area (TPSA) is 55.8 Å². The molecule has 0 aliphatic carbocycles. The first-order valence-corrected chi connectivity index (χ1v) is 8.74. The largest absolute Gasteiger partial charge is 0.497 e. The standard InChI is InChI=1S/C19H25NO4/c1-23-17-4-2-14(3-5-17)18(21)15-6-10-20(11-7-15)19(22)16-8-12-24-13-9-16/h2-5,15-16H,6-13H2,1H3. The summed E-state index contributed by atoms with van der Waals surface area (Å²) in [5.41, 5.74) is 0.727. The maximum atomic E-state index is 12.6. The second-order valence-electron chi connectivity index (χ2n) is 6.58. The Morgan fingerprint density at radius 3 is 2.21 bits per heavy atom. The number of Topliss-reactive ketones (excluding diaryl/α,β-unsaturated/α-hetero) is 1. The lowest BCUT2D eigenvalue weighted by atomic mass is 9.88. The highest BCUT2D eigenvalue weighted by Gasteiger charge is 2.31. The molecule has 5 heteroatoms. The van der Waals surface area contributed by atoms with E-state index in [0.29, 0.717) is 26.3 Å². The molecule has 0 radical (unpaired) electrons. The second kappa shape index (κ2) is 7.79. The smallest absolute Gasteiger partial charge is 0.225 e. The molecule has 24 heavy (non-hydrogen) atoms. The Morgan fingerprint density at radius 2 is 1.62 bits per heavy atom. The first-order chi connectivity index (χ1) is 11.7. The number of carbonyl (C=O) groups excluding carboxylic acids is 2. The van der Waals surface area contributed by atoms with Gasteiger partial charge >= 0.3 is 0 Å². The van der Waals surface area contributed by atoms with Gasteiger partial charge in [-0.1, -0.05) is 0 Å². The van der Waals surface area contributed by atoms with Gasteiger partial charge in [0.05, 0.1) is 7.11 Å². The number of ketones is 1. The Morgan fingerprint density at radius 1 is 1.00 bits per heavy atom. The van der Waals surface area contributed by atoms with Crippen molar-refractivity contribution in [2.24, 2.45) is 11.8 Å². The lowest BCUT2D eigenvalue weighted by Crippen LogP contribution is -2.44. The SMILES string of the molecule is COc1ccc(C(=O)C2CCN(C(=O)C3CCOCC3)CC2)cc1. The summed E-state index contributed by atoms with van der Waals surface area (Å²) in [6.07, 6.45) is 3.15. The molecule has 3 rings (SSSR count). The van der Waals surface area contributed by atoms with Gasteiger partial charge in [0, 0.05) is 43.7 Å². The molecule has 5 nitrogen and oxygen atoms in total. The zero-order valence-corrected chi connectivity index (χ0v) is 14.2. The molecule has 1 amide bonds. The Kier molecular flexibility index (Phi) is 5.51. The number of likely N-dealkylation sites (tertiary alicyclic amines) is 1. The average molecular weight is 331 g/mol. The van der Waals surface area contributed by atoms with Gasteiger partial charge in [-0.05, 0) is 49.9 Å². The summed E-state index contributed by atoms with van der Waals surface area (Å²) in [6.45, 7) is 2.73. The van der Waals surface area contributed by atoms with Crippen molar-refractivity contribution < 1.29 is 19.1 Å². The van der Waals surface area contributed by atoms with Crippen molar-refractivity contribution in [2.45, 2.75) is 25.7 Å². The molecule has 0 spiro atoms. The van der Waals surface area contributed by atoms with Crippen molar-refractivity contribution in [3.8, 4) is 5.75 Å². The van der Waals surface area contributed by atoms with Crippen molar-refractivity contribution in [1.82, 2.24) is 4.90 Å². The first kappa shape index (κ1) is 17.0. The van der Waals surface area contributed by atoms with Crippen molar-refractivity contribution in [3.05, 3.63) is 29.8 Å². The number of hydrogen-bond acceptors (Lipinski definition) is 4. The molecule has 0 atom stereocenters. The molecule has 2 fully saturated rings. The molecule has 2 aliphatic heterocycles. The van der Waals surface area contributed by atoms with Crippen LogP contribution in [0.15, 0.2) is 24.3 Å². The van der Waals surface area contributed by atoms with E-state index < -0.39 is 0 Å². The molecule has 130 valence electrons. The zero-order chi connectivity index (χ0) is 16.9. The third kappa shape index (κ3) is 3.78. The minimum Gasteiger partial charge on any atom is -0.497 e. The first-order valence-electron chi connectivity index (χ1n) is 8.74. The highest BCUT2D eigenvalue weighted by atomic mass is 16.5. The fourth-order valence-electron chi connectivity index (χ4n) is 3.56. The molecule has 0 aromatic heterocycles. The lowest BCUT2D eigenvalue weighted by molar-refractivity contribution is -0.139. The normalized spacial score (nSPS) is 20.0. The van der Waals surface area contributed by atoms with E-state index in [0.717, 1.165) is 37.0 Å². The molecule has 0 N–H and O–H groups in total. The Balaban J connectivity index is 1.54. The number of methoxy groups -OCH3 is 1. The molecule has 0 unspecified atom stereocenters. The number of benzene rings is 1. The number of rotatable bonds is 4. The molecule has 1 aromatic carbocycles. The predicted molar refractivity (Wildman–Crippen MR) is 90.2 cm³/mol. The number of carbonyl (C=O) groups is 2. The van der Waals surface area contributed by atoms with Gasteiger partial charge in [0.15, 0.2) is 5.78 Å². The van der Waals surface area contributed by atoms with Crippen LogP contribution in [0.2, 0.25) is 0 Å². The quantitative estimate of drug-likeness (QED) is 0.796. The molecule has 2 saturated heterocycles. The summed E-state index contributed by atoms with van der Waals surface area (Å²) >= 11 is 0. The summed E-state index contributed by atoms with van der Waals surface area (Å²) in [7, 11) is 1.61. The number of hydrogen-bond donors (Lipinski definition) is 0. The van der Waals surface area contributed by atoms with Crippen LogP contribution >= 0.6 is 0 Å². The predicted octanol–water partition coefficient (Wildman–Crippen LogP) is 2.54. The highest BCUT2D eigenvalue weighted by Crippen LogP contribution is 2.25. The van der Waals surface area contributed by atoms with Crippen LogP contribution in [0.1, 0.15) is 36.0 Å². The molecular formula is C19H25NO4. The second-order valence-corrected chi connectivity index (χ2v) is 6.58. The van der Waals surface area contributed by atoms with Crippen molar-refractivity contribution in [3.63, 3.8) is 0 Å². The molecule has 0 bridgehead atoms. The Bertz CT molecular complexity index is 570. The maximum absolute atomic E-state index is 12.6. The number of nitrogens with zero attached hydrogens (tertiary/aromatic N) is 1. The Hall–Kier alpha value is -1.88. The summed E-state index contributed by atoms with van der Waals surface area (Å²) in [6, 6.07) is 7.27. The molecule has 1 aromatic rings. The number of piperidine rings is 1. The number of amides is 1. The van der Waals surface area contributed by atoms with E-state index in [4.69, 9.17) is 9.47 Å². The zero-order valence-electron chi connectivity index (χ0n) is 14.2. The monoisotopic (exact) mass is 331 g/mol. The lowest BCUT2D eigenvalue weighted by Gasteiger charge is -2.34. The fraction of sp³-hybridized carbons (Fsp3) is 0.579. The van der Waals surface area contributed by atoms with Crippen LogP contribution in [-0.4, -0.2) is 50.0 Å². The molecule has 0 saturated carbocycles. The van der Waals surface area contributed by atoms with Gasteiger partial charge < -0.3 is 14.4 Å². The summed E-state index contributed by atoms with van der Waals surface area (Å²) < 4.78 is 10.5. The van der Waals surface area contributed by atoms with Crippen molar-refractivity contribution in [1.29, 1.82) is 0 Å². The van der Waals surface area contributed by atoms with Gasteiger partial charge in [0.1, 0.15) is 5.75 Å². The van der Waals surface area contributed by atoms with Gasteiger partial charge in [0.25, 0.3) is 0 Å². The van der Waals surface area contributed by atoms with E-state index >= 15 is 0 Å². The van der Waals surface area contributed by atoms with E-state index in [1.54, 1.807) is 7.11 Å². The van der Waals surface area contributed by atoms with Crippen LogP contribution in [0, 0.1) is 11.8 Å². The van der Waals surface area contributed by atoms with Gasteiger partial charge in [-0.25, -0.2) is 0 Å². The Labute approximate surface area is 142 Å². The van der Waals surface area contributed by atoms with Gasteiger partial charge in [-0.3, -0.25) is 9.59 Å². The molecule has 2 heterocycles. The minimum atomic E-state index is 0.0112. The average Bonchev–Trinajstić information content (AvgIpc) is 2.68. The third-order valence-corrected chi connectivity index (χ3v) is 5.12. The van der Waals surface area contributed by atoms with Crippen LogP contribution in [-0.2, 0) is 9.53 Å². The van der Waals surface area contributed by atoms with E-state index in [9.17, 15) is 9.59 Å². The van der Waals surface area contributed by atoms with E-state index in [1.807, 2.05) is 29.2 Å². The van der Waals surface area contributed by atoms with Crippen LogP contribution in [0.4, 0.5) is 0 Å². The maximum Gasteiger partial charge on any atom is 0.225 e. The van der Waals surface area contributed by atoms with E-state index in [2.05, 4.69) is 0 Å².